The van der Waals surface area contributed by atoms with Crippen molar-refractivity contribution in [2.24, 2.45) is 0 Å². The maximum atomic E-state index is 12.2. The molecule has 1 aliphatic heterocycles. The molecule has 2 atom stereocenters. The number of nitrogens with zero attached hydrogens (tertiary/aromatic N) is 2. The fourth-order valence-corrected chi connectivity index (χ4v) is 2.40. The molecule has 1 saturated heterocycles. The molecule has 0 aliphatic carbocycles. The number of furan rings is 1. The summed E-state index contributed by atoms with van der Waals surface area (Å²) in [7, 11) is 3.60. The maximum Gasteiger partial charge on any atom is 0.240 e. The van der Waals surface area contributed by atoms with Gasteiger partial charge in [-0.2, -0.15) is 0 Å². The number of nitrogens with one attached hydrogen (secondary N) is 1. The first-order chi connectivity index (χ1) is 8.61. The van der Waals surface area contributed by atoms with Gasteiger partial charge in [0.05, 0.1) is 12.3 Å². The Labute approximate surface area is 108 Å². The van der Waals surface area contributed by atoms with E-state index in [0.29, 0.717) is 6.54 Å². The largest absolute Gasteiger partial charge is 0.468 e. The molecule has 5 nitrogen and oxygen atoms in total. The third-order valence-corrected chi connectivity index (χ3v) is 3.46. The summed E-state index contributed by atoms with van der Waals surface area (Å²) in [5.41, 5.74) is 0. The van der Waals surface area contributed by atoms with Crippen LogP contribution in [0.3, 0.4) is 0 Å². The molecule has 1 aliphatic rings. The first-order valence-electron chi connectivity index (χ1n) is 6.32. The second kappa shape index (κ2) is 5.54. The molecule has 1 N–H and O–H groups in total. The Bertz CT molecular complexity index is 389. The van der Waals surface area contributed by atoms with Crippen molar-refractivity contribution >= 4 is 5.91 Å². The van der Waals surface area contributed by atoms with Crippen molar-refractivity contribution in [1.82, 2.24) is 15.1 Å². The SMILES string of the molecule is CC(c1ccco1)N1CCNCC1C(=O)N(C)C. The third-order valence-electron chi connectivity index (χ3n) is 3.46. The average molecular weight is 251 g/mol. The van der Waals surface area contributed by atoms with Gasteiger partial charge in [-0.25, -0.2) is 0 Å². The second-order valence-corrected chi connectivity index (χ2v) is 4.88. The Hall–Kier alpha value is -1.33. The van der Waals surface area contributed by atoms with Gasteiger partial charge in [0.1, 0.15) is 11.8 Å². The van der Waals surface area contributed by atoms with Crippen LogP contribution in [0.15, 0.2) is 22.8 Å². The Morgan fingerprint density at radius 2 is 2.39 bits per heavy atom. The Balaban J connectivity index is 2.15. The molecule has 0 saturated carbocycles. The summed E-state index contributed by atoms with van der Waals surface area (Å²) in [6.45, 7) is 4.54. The first-order valence-corrected chi connectivity index (χ1v) is 6.32. The van der Waals surface area contributed by atoms with Crippen LogP contribution in [0.25, 0.3) is 0 Å². The van der Waals surface area contributed by atoms with Gasteiger partial charge in [0, 0.05) is 33.7 Å². The number of carbonyl (C=O) groups is 1. The predicted molar refractivity (Wildman–Crippen MR) is 69.2 cm³/mol. The fraction of sp³-hybridized carbons (Fsp3) is 0.615. The molecule has 2 heterocycles. The molecule has 2 rings (SSSR count). The molecule has 2 unspecified atom stereocenters. The third kappa shape index (κ3) is 2.57. The van der Waals surface area contributed by atoms with E-state index >= 15 is 0 Å². The molecular formula is C13H21N3O2. The highest BCUT2D eigenvalue weighted by atomic mass is 16.3. The highest BCUT2D eigenvalue weighted by Crippen LogP contribution is 2.24. The van der Waals surface area contributed by atoms with Crippen LogP contribution in [-0.2, 0) is 4.79 Å². The van der Waals surface area contributed by atoms with Crippen molar-refractivity contribution in [2.75, 3.05) is 33.7 Å². The molecule has 1 amide bonds. The molecule has 0 aromatic carbocycles. The quantitative estimate of drug-likeness (QED) is 0.859. The van der Waals surface area contributed by atoms with E-state index in [4.69, 9.17) is 4.42 Å². The van der Waals surface area contributed by atoms with E-state index in [9.17, 15) is 4.79 Å². The monoisotopic (exact) mass is 251 g/mol. The smallest absolute Gasteiger partial charge is 0.240 e. The molecule has 1 aromatic rings. The minimum absolute atomic E-state index is 0.117. The summed E-state index contributed by atoms with van der Waals surface area (Å²) in [5.74, 6) is 1.05. The van der Waals surface area contributed by atoms with Gasteiger partial charge in [-0.05, 0) is 19.1 Å². The lowest BCUT2D eigenvalue weighted by Gasteiger charge is -2.39. The molecule has 18 heavy (non-hydrogen) atoms. The summed E-state index contributed by atoms with van der Waals surface area (Å²) in [4.78, 5) is 16.1. The highest BCUT2D eigenvalue weighted by molar-refractivity contribution is 5.81. The van der Waals surface area contributed by atoms with E-state index in [2.05, 4.69) is 17.1 Å². The van der Waals surface area contributed by atoms with Gasteiger partial charge in [0.2, 0.25) is 5.91 Å². The van der Waals surface area contributed by atoms with Crippen molar-refractivity contribution in [3.8, 4) is 0 Å². The van der Waals surface area contributed by atoms with E-state index in [0.717, 1.165) is 18.8 Å². The summed E-state index contributed by atoms with van der Waals surface area (Å²) in [5, 5.41) is 3.28. The van der Waals surface area contributed by atoms with Gasteiger partial charge in [-0.1, -0.05) is 0 Å². The Morgan fingerprint density at radius 1 is 1.61 bits per heavy atom. The molecule has 0 radical (unpaired) electrons. The van der Waals surface area contributed by atoms with Crippen LogP contribution in [-0.4, -0.2) is 55.5 Å². The van der Waals surface area contributed by atoms with Crippen molar-refractivity contribution in [3.63, 3.8) is 0 Å². The van der Waals surface area contributed by atoms with Gasteiger partial charge in [0.15, 0.2) is 0 Å². The van der Waals surface area contributed by atoms with Crippen LogP contribution >= 0.6 is 0 Å². The minimum atomic E-state index is -0.117. The Morgan fingerprint density at radius 3 is 3.00 bits per heavy atom. The lowest BCUT2D eigenvalue weighted by atomic mass is 10.1. The number of rotatable bonds is 3. The Kier molecular flexibility index (Phi) is 4.04. The number of hydrogen-bond donors (Lipinski definition) is 1. The second-order valence-electron chi connectivity index (χ2n) is 4.88. The minimum Gasteiger partial charge on any atom is -0.468 e. The topological polar surface area (TPSA) is 48.7 Å². The van der Waals surface area contributed by atoms with Crippen LogP contribution in [0.1, 0.15) is 18.7 Å². The first kappa shape index (κ1) is 13.1. The van der Waals surface area contributed by atoms with Crippen molar-refractivity contribution in [2.45, 2.75) is 19.0 Å². The van der Waals surface area contributed by atoms with Crippen LogP contribution in [0, 0.1) is 0 Å². The normalized spacial score (nSPS) is 22.7. The van der Waals surface area contributed by atoms with Gasteiger partial charge < -0.3 is 14.6 Å². The number of piperazine rings is 1. The maximum absolute atomic E-state index is 12.2. The number of likely N-dealkylation sites (N-methyl/N-ethyl adjacent to an activating group) is 1. The zero-order valence-corrected chi connectivity index (χ0v) is 11.2. The van der Waals surface area contributed by atoms with E-state index in [1.165, 1.54) is 0 Å². The van der Waals surface area contributed by atoms with Crippen LogP contribution in [0.4, 0.5) is 0 Å². The predicted octanol–water partition coefficient (Wildman–Crippen LogP) is 0.703. The summed E-state index contributed by atoms with van der Waals surface area (Å²) in [6, 6.07) is 3.85. The highest BCUT2D eigenvalue weighted by Gasteiger charge is 2.33. The van der Waals surface area contributed by atoms with Crippen molar-refractivity contribution in [1.29, 1.82) is 0 Å². The number of carbonyl (C=O) groups excluding carboxylic acids is 1. The van der Waals surface area contributed by atoms with Crippen LogP contribution < -0.4 is 5.32 Å². The van der Waals surface area contributed by atoms with E-state index in [-0.39, 0.29) is 18.0 Å². The van der Waals surface area contributed by atoms with Crippen molar-refractivity contribution < 1.29 is 9.21 Å². The fourth-order valence-electron chi connectivity index (χ4n) is 2.40. The van der Waals surface area contributed by atoms with Gasteiger partial charge in [0.25, 0.3) is 0 Å². The van der Waals surface area contributed by atoms with Crippen LogP contribution in [0.2, 0.25) is 0 Å². The molecule has 0 spiro atoms. The molecular weight excluding hydrogens is 230 g/mol. The lowest BCUT2D eigenvalue weighted by molar-refractivity contribution is -0.136. The number of hydrogen-bond acceptors (Lipinski definition) is 4. The molecule has 100 valence electrons. The summed E-state index contributed by atoms with van der Waals surface area (Å²) in [6.07, 6.45) is 1.68. The zero-order valence-electron chi connectivity index (χ0n) is 11.2. The molecule has 1 fully saturated rings. The summed E-state index contributed by atoms with van der Waals surface area (Å²) >= 11 is 0. The van der Waals surface area contributed by atoms with E-state index in [1.54, 1.807) is 25.3 Å². The lowest BCUT2D eigenvalue weighted by Crippen LogP contribution is -2.58. The zero-order chi connectivity index (χ0) is 13.1. The van der Waals surface area contributed by atoms with Gasteiger partial charge in [-0.3, -0.25) is 9.69 Å². The van der Waals surface area contributed by atoms with Crippen molar-refractivity contribution in [3.05, 3.63) is 24.2 Å². The van der Waals surface area contributed by atoms with E-state index < -0.39 is 0 Å². The molecule has 5 heteroatoms. The molecule has 0 bridgehead atoms. The number of amides is 1. The average Bonchev–Trinajstić information content (AvgIpc) is 2.90. The van der Waals surface area contributed by atoms with E-state index in [1.807, 2.05) is 12.1 Å². The standard InChI is InChI=1S/C13H21N3O2/c1-10(12-5-4-8-18-12)16-7-6-14-9-11(16)13(17)15(2)3/h4-5,8,10-11,14H,6-7,9H2,1-3H3. The van der Waals surface area contributed by atoms with Gasteiger partial charge in [-0.15, -0.1) is 0 Å². The van der Waals surface area contributed by atoms with Gasteiger partial charge >= 0.3 is 0 Å². The summed E-state index contributed by atoms with van der Waals surface area (Å²) < 4.78 is 5.45. The molecule has 1 aromatic heterocycles. The van der Waals surface area contributed by atoms with Crippen LogP contribution in [0.5, 0.6) is 0 Å².